The second-order valence-electron chi connectivity index (χ2n) is 17.2. The van der Waals surface area contributed by atoms with Crippen LogP contribution in [0, 0.1) is 18.8 Å². The Morgan fingerprint density at radius 3 is 2.29 bits per heavy atom. The minimum atomic E-state index is -1.06. The molecule has 15 heteroatoms. The highest BCUT2D eigenvalue weighted by Crippen LogP contribution is 2.33. The first kappa shape index (κ1) is 42.2. The Kier molecular flexibility index (Phi) is 13.6. The van der Waals surface area contributed by atoms with E-state index >= 15 is 0 Å². The Morgan fingerprint density at radius 1 is 0.898 bits per heavy atom. The largest absolute Gasteiger partial charge is 0.465 e. The van der Waals surface area contributed by atoms with Gasteiger partial charge in [-0.25, -0.2) is 14.4 Å². The van der Waals surface area contributed by atoms with Crippen LogP contribution in [0.4, 0.5) is 15.3 Å². The number of nitrogens with zero attached hydrogens (tertiary/aromatic N) is 6. The summed E-state index contributed by atoms with van der Waals surface area (Å²) in [6.45, 7) is 7.84. The van der Waals surface area contributed by atoms with Gasteiger partial charge < -0.3 is 38.8 Å². The summed E-state index contributed by atoms with van der Waals surface area (Å²) in [5.41, 5.74) is 4.63. The number of carbonyl (C=O) groups excluding carboxylic acids is 4. The predicted octanol–water partition coefficient (Wildman–Crippen LogP) is 4.49. The fraction of sp³-hybridized carbons (Fsp3) is 0.614. The zero-order valence-electron chi connectivity index (χ0n) is 35.2. The second kappa shape index (κ2) is 19.0. The van der Waals surface area contributed by atoms with Crippen LogP contribution in [0.25, 0.3) is 11.1 Å². The lowest BCUT2D eigenvalue weighted by molar-refractivity contribution is -0.145. The van der Waals surface area contributed by atoms with E-state index in [0.29, 0.717) is 81.7 Å². The number of rotatable bonds is 12. The van der Waals surface area contributed by atoms with Crippen LogP contribution in [0.5, 0.6) is 0 Å². The molecule has 4 amide bonds. The SMILES string of the molecule is Cc1cc(C[C@@H](OC(=O)N2CCC(N3CCc4ccccc4NC3=O)CC2)C(=O)N2CCC(C3CCN(CC(=O)OCCCN(C)C)CC3)CC2)cc2oc(=O)n(C)c12. The molecule has 7 rings (SSSR count). The topological polar surface area (TPSA) is 150 Å². The van der Waals surface area contributed by atoms with Crippen LogP contribution in [0.1, 0.15) is 61.6 Å². The maximum absolute atomic E-state index is 14.4. The number of likely N-dealkylation sites (tertiary alicyclic amines) is 3. The molecule has 0 unspecified atom stereocenters. The number of anilines is 1. The third kappa shape index (κ3) is 10.3. The Labute approximate surface area is 346 Å². The van der Waals surface area contributed by atoms with Crippen molar-refractivity contribution >= 4 is 40.8 Å². The Bertz CT molecular complexity index is 2020. The summed E-state index contributed by atoms with van der Waals surface area (Å²) in [7, 11) is 5.67. The number of nitrogens with one attached hydrogen (secondary N) is 1. The summed E-state index contributed by atoms with van der Waals surface area (Å²) in [4.78, 5) is 75.8. The minimum Gasteiger partial charge on any atom is -0.465 e. The van der Waals surface area contributed by atoms with Crippen molar-refractivity contribution in [2.24, 2.45) is 18.9 Å². The van der Waals surface area contributed by atoms with Crippen LogP contribution >= 0.6 is 0 Å². The molecule has 0 spiro atoms. The zero-order chi connectivity index (χ0) is 41.6. The maximum atomic E-state index is 14.4. The molecule has 0 aliphatic carbocycles. The van der Waals surface area contributed by atoms with E-state index in [1.807, 2.05) is 61.2 Å². The van der Waals surface area contributed by atoms with Crippen molar-refractivity contribution < 1.29 is 33.1 Å². The van der Waals surface area contributed by atoms with E-state index in [1.54, 1.807) is 18.0 Å². The number of aryl methyl sites for hydroxylation is 2. The number of aromatic nitrogens is 1. The van der Waals surface area contributed by atoms with Gasteiger partial charge in [-0.2, -0.15) is 0 Å². The van der Waals surface area contributed by atoms with Gasteiger partial charge in [0.25, 0.3) is 5.91 Å². The predicted molar refractivity (Wildman–Crippen MR) is 223 cm³/mol. The Balaban J connectivity index is 0.946. The number of hydrogen-bond donors (Lipinski definition) is 1. The first-order valence-electron chi connectivity index (χ1n) is 21.4. The van der Waals surface area contributed by atoms with Crippen molar-refractivity contribution in [3.63, 3.8) is 0 Å². The third-order valence-electron chi connectivity index (χ3n) is 12.9. The highest BCUT2D eigenvalue weighted by atomic mass is 16.6. The van der Waals surface area contributed by atoms with Gasteiger partial charge in [0.2, 0.25) is 0 Å². The molecule has 0 radical (unpaired) electrons. The number of carbonyl (C=O) groups is 4. The van der Waals surface area contributed by atoms with Crippen molar-refractivity contribution in [1.29, 1.82) is 0 Å². The number of amides is 4. The number of oxazole rings is 1. The van der Waals surface area contributed by atoms with Crippen LogP contribution in [0.3, 0.4) is 0 Å². The van der Waals surface area contributed by atoms with Gasteiger partial charge in [-0.05, 0) is 126 Å². The van der Waals surface area contributed by atoms with Crippen molar-refractivity contribution in [2.75, 3.05) is 84.9 Å². The number of hydrogen-bond acceptors (Lipinski definition) is 10. The van der Waals surface area contributed by atoms with Gasteiger partial charge in [0.15, 0.2) is 11.7 Å². The molecule has 3 fully saturated rings. The molecule has 3 saturated heterocycles. The number of urea groups is 1. The average molecular weight is 816 g/mol. The molecule has 0 saturated carbocycles. The fourth-order valence-electron chi connectivity index (χ4n) is 9.56. The summed E-state index contributed by atoms with van der Waals surface area (Å²) in [6, 6.07) is 11.4. The normalized spacial score (nSPS) is 19.4. The van der Waals surface area contributed by atoms with Crippen LogP contribution in [-0.2, 0) is 39.0 Å². The van der Waals surface area contributed by atoms with E-state index in [0.717, 1.165) is 80.5 Å². The molecule has 1 aromatic heterocycles. The quantitative estimate of drug-likeness (QED) is 0.205. The Morgan fingerprint density at radius 2 is 1.58 bits per heavy atom. The molecule has 4 aliphatic heterocycles. The molecule has 4 aliphatic rings. The average Bonchev–Trinajstić information content (AvgIpc) is 3.40. The lowest BCUT2D eigenvalue weighted by atomic mass is 9.78. The van der Waals surface area contributed by atoms with E-state index in [-0.39, 0.29) is 30.4 Å². The number of esters is 1. The molecule has 5 heterocycles. The standard InChI is InChI=1S/C44H61N7O8/c1-30-26-31(27-37-40(30)47(4)43(55)58-37)28-38(59-44(56)50-22-15-35(16-23-50)51-24-14-34-8-5-6-9-36(34)45-42(51)54)41(53)49-20-12-33(13-21-49)32-10-18-48(19-11-32)29-39(52)57-25-7-17-46(2)3/h5-6,8-9,26-27,32-33,35,38H,7,10-25,28-29H2,1-4H3,(H,45,54)/t38-/m1/s1. The van der Waals surface area contributed by atoms with Crippen molar-refractivity contribution in [3.05, 3.63) is 63.6 Å². The number of benzene rings is 2. The van der Waals surface area contributed by atoms with Crippen molar-refractivity contribution in [1.82, 2.24) is 29.1 Å². The summed E-state index contributed by atoms with van der Waals surface area (Å²) < 4.78 is 18.6. The lowest BCUT2D eigenvalue weighted by Gasteiger charge is -2.41. The minimum absolute atomic E-state index is 0.0193. The second-order valence-corrected chi connectivity index (χ2v) is 17.2. The highest BCUT2D eigenvalue weighted by molar-refractivity contribution is 5.91. The number of piperidine rings is 3. The van der Waals surface area contributed by atoms with Gasteiger partial charge in [0, 0.05) is 64.5 Å². The summed E-state index contributed by atoms with van der Waals surface area (Å²) in [5.74, 6) is 0.159. The molecular weight excluding hydrogens is 755 g/mol. The Hall–Kier alpha value is -4.89. The van der Waals surface area contributed by atoms with Crippen LogP contribution in [0.15, 0.2) is 45.6 Å². The molecular formula is C44H61N7O8. The molecule has 1 N–H and O–H groups in total. The van der Waals surface area contributed by atoms with Gasteiger partial charge in [-0.15, -0.1) is 0 Å². The summed E-state index contributed by atoms with van der Waals surface area (Å²) in [5, 5.41) is 3.05. The molecule has 59 heavy (non-hydrogen) atoms. The number of fused-ring (bicyclic) bond motifs is 2. The summed E-state index contributed by atoms with van der Waals surface area (Å²) >= 11 is 0. The highest BCUT2D eigenvalue weighted by Gasteiger charge is 2.37. The van der Waals surface area contributed by atoms with Gasteiger partial charge >= 0.3 is 23.8 Å². The van der Waals surface area contributed by atoms with E-state index in [9.17, 15) is 24.0 Å². The van der Waals surface area contributed by atoms with Gasteiger partial charge in [0.1, 0.15) is 0 Å². The zero-order valence-corrected chi connectivity index (χ0v) is 35.2. The van der Waals surface area contributed by atoms with Gasteiger partial charge in [-0.3, -0.25) is 19.1 Å². The van der Waals surface area contributed by atoms with E-state index < -0.39 is 18.0 Å². The summed E-state index contributed by atoms with van der Waals surface area (Å²) in [6.07, 6.45) is 5.08. The molecule has 2 aromatic carbocycles. The van der Waals surface area contributed by atoms with Crippen LogP contribution < -0.4 is 11.1 Å². The van der Waals surface area contributed by atoms with Crippen LogP contribution in [0.2, 0.25) is 0 Å². The van der Waals surface area contributed by atoms with E-state index in [2.05, 4.69) is 15.1 Å². The lowest BCUT2D eigenvalue weighted by Crippen LogP contribution is -2.52. The van der Waals surface area contributed by atoms with Crippen molar-refractivity contribution in [3.8, 4) is 0 Å². The van der Waals surface area contributed by atoms with Crippen molar-refractivity contribution in [2.45, 2.75) is 76.9 Å². The molecule has 1 atom stereocenters. The van der Waals surface area contributed by atoms with Gasteiger partial charge in [-0.1, -0.05) is 24.3 Å². The van der Waals surface area contributed by atoms with Gasteiger partial charge in [0.05, 0.1) is 18.7 Å². The molecule has 15 nitrogen and oxygen atoms in total. The van der Waals surface area contributed by atoms with E-state index in [1.165, 1.54) is 4.57 Å². The maximum Gasteiger partial charge on any atom is 0.419 e. The molecule has 0 bridgehead atoms. The first-order chi connectivity index (χ1) is 28.4. The third-order valence-corrected chi connectivity index (χ3v) is 12.9. The fourth-order valence-corrected chi connectivity index (χ4v) is 9.56. The monoisotopic (exact) mass is 815 g/mol. The van der Waals surface area contributed by atoms with Crippen LogP contribution in [-0.4, -0.2) is 145 Å². The number of ether oxygens (including phenoxy) is 2. The molecule has 3 aromatic rings. The number of para-hydroxylation sites is 1. The smallest absolute Gasteiger partial charge is 0.419 e. The first-order valence-corrected chi connectivity index (χ1v) is 21.4. The molecule has 320 valence electrons. The van der Waals surface area contributed by atoms with E-state index in [4.69, 9.17) is 13.9 Å².